The van der Waals surface area contributed by atoms with Crippen LogP contribution in [0.3, 0.4) is 0 Å². The molecule has 0 spiro atoms. The van der Waals surface area contributed by atoms with Crippen molar-refractivity contribution in [3.05, 3.63) is 28.7 Å². The van der Waals surface area contributed by atoms with Crippen LogP contribution in [0.2, 0.25) is 0 Å². The highest BCUT2D eigenvalue weighted by Gasteiger charge is 2.29. The molecule has 1 saturated carbocycles. The summed E-state index contributed by atoms with van der Waals surface area (Å²) in [6, 6.07) is 6.59. The first-order chi connectivity index (χ1) is 9.04. The molecule has 2 N–H and O–H groups in total. The summed E-state index contributed by atoms with van der Waals surface area (Å²) < 4.78 is 28.0. The molecule has 0 bridgehead atoms. The van der Waals surface area contributed by atoms with Crippen LogP contribution < -0.4 is 4.72 Å². The van der Waals surface area contributed by atoms with E-state index < -0.39 is 10.0 Å². The van der Waals surface area contributed by atoms with Gasteiger partial charge >= 0.3 is 0 Å². The summed E-state index contributed by atoms with van der Waals surface area (Å²) in [5.74, 6) is 0.0195. The standard InChI is InChI=1S/C13H18BrNO3S/c14-11-6-2-4-8-13(11)19(17,18)15-12-7-3-1-5-10(12)9-16/h2,4,6,8,10,12,15-16H,1,3,5,7,9H2/t10-,12-/m0/s1. The Hall–Kier alpha value is -0.430. The van der Waals surface area contributed by atoms with E-state index in [1.165, 1.54) is 0 Å². The molecule has 106 valence electrons. The maximum Gasteiger partial charge on any atom is 0.241 e. The molecule has 1 aliphatic rings. The van der Waals surface area contributed by atoms with Crippen LogP contribution in [0.15, 0.2) is 33.6 Å². The molecule has 0 saturated heterocycles. The van der Waals surface area contributed by atoms with Crippen LogP contribution in [0.25, 0.3) is 0 Å². The smallest absolute Gasteiger partial charge is 0.241 e. The molecule has 0 heterocycles. The third-order valence-corrected chi connectivity index (χ3v) is 6.08. The second kappa shape index (κ2) is 6.35. The fourth-order valence-electron chi connectivity index (χ4n) is 2.51. The van der Waals surface area contributed by atoms with Gasteiger partial charge < -0.3 is 5.11 Å². The molecule has 0 aliphatic heterocycles. The van der Waals surface area contributed by atoms with Gasteiger partial charge in [-0.2, -0.15) is 0 Å². The van der Waals surface area contributed by atoms with Gasteiger partial charge in [0.2, 0.25) is 10.0 Å². The van der Waals surface area contributed by atoms with E-state index in [4.69, 9.17) is 0 Å². The summed E-state index contributed by atoms with van der Waals surface area (Å²) in [4.78, 5) is 0.247. The van der Waals surface area contributed by atoms with Crippen LogP contribution in [-0.2, 0) is 10.0 Å². The van der Waals surface area contributed by atoms with Crippen molar-refractivity contribution >= 4 is 26.0 Å². The lowest BCUT2D eigenvalue weighted by atomic mass is 9.86. The lowest BCUT2D eigenvalue weighted by molar-refractivity contribution is 0.164. The zero-order valence-electron chi connectivity index (χ0n) is 10.5. The van der Waals surface area contributed by atoms with E-state index in [0.29, 0.717) is 4.47 Å². The Morgan fingerprint density at radius 3 is 2.63 bits per heavy atom. The molecular formula is C13H18BrNO3S. The first kappa shape index (κ1) is 15.0. The molecule has 0 amide bonds. The van der Waals surface area contributed by atoms with E-state index in [1.54, 1.807) is 24.3 Å². The molecule has 1 aliphatic carbocycles. The lowest BCUT2D eigenvalue weighted by Gasteiger charge is -2.30. The largest absolute Gasteiger partial charge is 0.396 e. The minimum Gasteiger partial charge on any atom is -0.396 e. The Labute approximate surface area is 122 Å². The Kier molecular flexibility index (Phi) is 5.00. The number of sulfonamides is 1. The van der Waals surface area contributed by atoms with Gasteiger partial charge in [0.1, 0.15) is 0 Å². The van der Waals surface area contributed by atoms with Gasteiger partial charge in [-0.15, -0.1) is 0 Å². The molecule has 2 atom stereocenters. The Morgan fingerprint density at radius 2 is 1.95 bits per heavy atom. The minimum absolute atomic E-state index is 0.0195. The van der Waals surface area contributed by atoms with Gasteiger partial charge in [0.25, 0.3) is 0 Å². The number of nitrogens with one attached hydrogen (secondary N) is 1. The zero-order valence-corrected chi connectivity index (χ0v) is 13.0. The van der Waals surface area contributed by atoms with Crippen molar-refractivity contribution in [2.24, 2.45) is 5.92 Å². The van der Waals surface area contributed by atoms with Gasteiger partial charge in [-0.05, 0) is 46.8 Å². The van der Waals surface area contributed by atoms with Crippen LogP contribution >= 0.6 is 15.9 Å². The molecule has 1 aromatic rings. The third kappa shape index (κ3) is 3.56. The molecule has 2 rings (SSSR count). The Balaban J connectivity index is 2.19. The summed E-state index contributed by atoms with van der Waals surface area (Å²) >= 11 is 3.26. The molecule has 6 heteroatoms. The summed E-state index contributed by atoms with van der Waals surface area (Å²) in [7, 11) is -3.54. The van der Waals surface area contributed by atoms with E-state index in [0.717, 1.165) is 25.7 Å². The monoisotopic (exact) mass is 347 g/mol. The number of benzene rings is 1. The van der Waals surface area contributed by atoms with Crippen molar-refractivity contribution in [2.75, 3.05) is 6.61 Å². The van der Waals surface area contributed by atoms with Crippen molar-refractivity contribution in [3.8, 4) is 0 Å². The molecule has 4 nitrogen and oxygen atoms in total. The van der Waals surface area contributed by atoms with Crippen molar-refractivity contribution in [1.29, 1.82) is 0 Å². The van der Waals surface area contributed by atoms with E-state index in [1.807, 2.05) is 0 Å². The number of hydrogen-bond donors (Lipinski definition) is 2. The average Bonchev–Trinajstić information content (AvgIpc) is 2.39. The second-order valence-electron chi connectivity index (χ2n) is 4.89. The lowest BCUT2D eigenvalue weighted by Crippen LogP contribution is -2.43. The van der Waals surface area contributed by atoms with Crippen molar-refractivity contribution in [3.63, 3.8) is 0 Å². The van der Waals surface area contributed by atoms with Gasteiger partial charge in [0.15, 0.2) is 0 Å². The van der Waals surface area contributed by atoms with E-state index >= 15 is 0 Å². The molecule has 0 aromatic heterocycles. The number of halogens is 1. The third-order valence-electron chi connectivity index (χ3n) is 3.58. The SMILES string of the molecule is O=S(=O)(N[C@H]1CCCC[C@H]1CO)c1ccccc1Br. The highest BCUT2D eigenvalue weighted by Crippen LogP contribution is 2.27. The van der Waals surface area contributed by atoms with Crippen molar-refractivity contribution in [2.45, 2.75) is 36.6 Å². The topological polar surface area (TPSA) is 66.4 Å². The fourth-order valence-corrected chi connectivity index (χ4v) is 4.85. The van der Waals surface area contributed by atoms with Gasteiger partial charge in [0, 0.05) is 17.1 Å². The van der Waals surface area contributed by atoms with Gasteiger partial charge in [-0.3, -0.25) is 0 Å². The predicted octanol–water partition coefficient (Wildman–Crippen LogP) is 2.28. The first-order valence-electron chi connectivity index (χ1n) is 6.42. The number of aliphatic hydroxyl groups is 1. The van der Waals surface area contributed by atoms with Crippen molar-refractivity contribution < 1.29 is 13.5 Å². The Bertz CT molecular complexity index is 532. The van der Waals surface area contributed by atoms with Crippen LogP contribution in [0, 0.1) is 5.92 Å². The van der Waals surface area contributed by atoms with Gasteiger partial charge in [0.05, 0.1) is 4.90 Å². The van der Waals surface area contributed by atoms with Crippen LogP contribution in [0.1, 0.15) is 25.7 Å². The van der Waals surface area contributed by atoms with Crippen LogP contribution in [-0.4, -0.2) is 26.2 Å². The summed E-state index contributed by atoms with van der Waals surface area (Å²) in [6.07, 6.45) is 3.71. The number of aliphatic hydroxyl groups excluding tert-OH is 1. The van der Waals surface area contributed by atoms with E-state index in [9.17, 15) is 13.5 Å². The van der Waals surface area contributed by atoms with E-state index in [2.05, 4.69) is 20.7 Å². The normalized spacial score (nSPS) is 24.3. The highest BCUT2D eigenvalue weighted by molar-refractivity contribution is 9.10. The molecular weight excluding hydrogens is 330 g/mol. The minimum atomic E-state index is -3.54. The van der Waals surface area contributed by atoms with Gasteiger partial charge in [-0.1, -0.05) is 25.0 Å². The van der Waals surface area contributed by atoms with Gasteiger partial charge in [-0.25, -0.2) is 13.1 Å². The van der Waals surface area contributed by atoms with E-state index in [-0.39, 0.29) is 23.5 Å². The molecule has 1 aromatic carbocycles. The Morgan fingerprint density at radius 1 is 1.26 bits per heavy atom. The predicted molar refractivity (Wildman–Crippen MR) is 77.3 cm³/mol. The summed E-state index contributed by atoms with van der Waals surface area (Å²) in [6.45, 7) is 0.0309. The first-order valence-corrected chi connectivity index (χ1v) is 8.70. The molecule has 1 fully saturated rings. The highest BCUT2D eigenvalue weighted by atomic mass is 79.9. The maximum absolute atomic E-state index is 12.4. The zero-order chi connectivity index (χ0) is 13.9. The number of rotatable bonds is 4. The fraction of sp³-hybridized carbons (Fsp3) is 0.538. The molecule has 0 radical (unpaired) electrons. The second-order valence-corrected chi connectivity index (χ2v) is 7.42. The summed E-state index contributed by atoms with van der Waals surface area (Å²) in [5.41, 5.74) is 0. The van der Waals surface area contributed by atoms with Crippen LogP contribution in [0.5, 0.6) is 0 Å². The quantitative estimate of drug-likeness (QED) is 0.877. The van der Waals surface area contributed by atoms with Crippen molar-refractivity contribution in [1.82, 2.24) is 4.72 Å². The average molecular weight is 348 g/mol. The molecule has 0 unspecified atom stereocenters. The maximum atomic E-state index is 12.4. The summed E-state index contributed by atoms with van der Waals surface area (Å²) in [5, 5.41) is 9.34. The number of hydrogen-bond acceptors (Lipinski definition) is 3. The van der Waals surface area contributed by atoms with Crippen LogP contribution in [0.4, 0.5) is 0 Å². The molecule has 19 heavy (non-hydrogen) atoms.